The highest BCUT2D eigenvalue weighted by atomic mass is 19.4. The maximum Gasteiger partial charge on any atom is 0.471 e. The van der Waals surface area contributed by atoms with Gasteiger partial charge in [0, 0.05) is 32.7 Å². The smallest absolute Gasteiger partial charge is 0.367 e. The molecule has 2 aliphatic heterocycles. The Morgan fingerprint density at radius 2 is 1.79 bits per heavy atom. The zero-order valence-corrected chi connectivity index (χ0v) is 16.1. The van der Waals surface area contributed by atoms with Gasteiger partial charge >= 0.3 is 12.1 Å². The molecule has 1 aromatic rings. The lowest BCUT2D eigenvalue weighted by Crippen LogP contribution is -2.54. The SMILES string of the molecule is CN(C)CCN1CCN(C(=O)C2CCCN2C(=O)C(F)(F)F)c2ccccc21. The quantitative estimate of drug-likeness (QED) is 0.778. The standard InChI is InChI=1S/C19H25F3N4O2/c1-23(2)10-11-24-12-13-25(15-7-4-3-6-14(15)24)17(27)16-8-5-9-26(16)18(28)19(20,21)22/h3-4,6-7,16H,5,8-13H2,1-2H3. The van der Waals surface area contributed by atoms with Gasteiger partial charge in [-0.3, -0.25) is 9.59 Å². The number of fused-ring (bicyclic) bond motifs is 1. The number of halogens is 3. The van der Waals surface area contributed by atoms with Crippen molar-refractivity contribution >= 4 is 23.2 Å². The van der Waals surface area contributed by atoms with Gasteiger partial charge in [0.05, 0.1) is 11.4 Å². The minimum atomic E-state index is -4.97. The number of likely N-dealkylation sites (tertiary alicyclic amines) is 1. The first-order chi connectivity index (χ1) is 13.2. The van der Waals surface area contributed by atoms with Crippen molar-refractivity contribution in [3.63, 3.8) is 0 Å². The molecule has 9 heteroatoms. The lowest BCUT2D eigenvalue weighted by atomic mass is 10.1. The summed E-state index contributed by atoms with van der Waals surface area (Å²) < 4.78 is 38.7. The number of anilines is 2. The maximum atomic E-state index is 13.1. The van der Waals surface area contributed by atoms with E-state index in [-0.39, 0.29) is 13.0 Å². The Bertz CT molecular complexity index is 738. The van der Waals surface area contributed by atoms with Crippen LogP contribution in [-0.2, 0) is 9.59 Å². The maximum absolute atomic E-state index is 13.1. The van der Waals surface area contributed by atoms with Crippen LogP contribution >= 0.6 is 0 Å². The predicted octanol–water partition coefficient (Wildman–Crippen LogP) is 1.95. The van der Waals surface area contributed by atoms with Crippen molar-refractivity contribution in [1.82, 2.24) is 9.80 Å². The first-order valence-electron chi connectivity index (χ1n) is 9.38. The van der Waals surface area contributed by atoms with E-state index in [1.165, 1.54) is 4.90 Å². The van der Waals surface area contributed by atoms with E-state index in [1.807, 2.05) is 32.3 Å². The second kappa shape index (κ2) is 7.98. The van der Waals surface area contributed by atoms with Crippen molar-refractivity contribution in [3.05, 3.63) is 24.3 Å². The molecular weight excluding hydrogens is 373 g/mol. The van der Waals surface area contributed by atoms with Crippen LogP contribution in [0.5, 0.6) is 0 Å². The van der Waals surface area contributed by atoms with Gasteiger partial charge < -0.3 is 19.6 Å². The van der Waals surface area contributed by atoms with Crippen LogP contribution in [0, 0.1) is 0 Å². The summed E-state index contributed by atoms with van der Waals surface area (Å²) in [5.41, 5.74) is 1.57. The van der Waals surface area contributed by atoms with E-state index >= 15 is 0 Å². The fourth-order valence-corrected chi connectivity index (χ4v) is 3.81. The van der Waals surface area contributed by atoms with Crippen LogP contribution in [0.2, 0.25) is 0 Å². The third kappa shape index (κ3) is 4.09. The fourth-order valence-electron chi connectivity index (χ4n) is 3.81. The Morgan fingerprint density at radius 1 is 1.11 bits per heavy atom. The summed E-state index contributed by atoms with van der Waals surface area (Å²) in [5.74, 6) is -2.36. The summed E-state index contributed by atoms with van der Waals surface area (Å²) >= 11 is 0. The molecule has 1 atom stereocenters. The number of rotatable bonds is 4. The molecule has 1 fully saturated rings. The summed E-state index contributed by atoms with van der Waals surface area (Å²) in [4.78, 5) is 31.3. The molecule has 2 amide bonds. The van der Waals surface area contributed by atoms with Crippen molar-refractivity contribution in [2.75, 3.05) is 56.6 Å². The average Bonchev–Trinajstić information content (AvgIpc) is 3.13. The molecule has 1 saturated heterocycles. The molecule has 6 nitrogen and oxygen atoms in total. The molecule has 28 heavy (non-hydrogen) atoms. The summed E-state index contributed by atoms with van der Waals surface area (Å²) in [6.07, 6.45) is -4.32. The summed E-state index contributed by atoms with van der Waals surface area (Å²) in [6, 6.07) is 6.35. The number of hydrogen-bond donors (Lipinski definition) is 0. The first-order valence-corrected chi connectivity index (χ1v) is 9.38. The summed E-state index contributed by atoms with van der Waals surface area (Å²) in [7, 11) is 3.97. The van der Waals surface area contributed by atoms with Gasteiger partial charge in [-0.2, -0.15) is 13.2 Å². The van der Waals surface area contributed by atoms with Crippen LogP contribution in [0.3, 0.4) is 0 Å². The molecule has 154 valence electrons. The second-order valence-corrected chi connectivity index (χ2v) is 7.42. The number of amides is 2. The van der Waals surface area contributed by atoms with Gasteiger partial charge in [0.15, 0.2) is 0 Å². The van der Waals surface area contributed by atoms with Crippen molar-refractivity contribution in [2.24, 2.45) is 0 Å². The van der Waals surface area contributed by atoms with Gasteiger partial charge in [-0.1, -0.05) is 12.1 Å². The fraction of sp³-hybridized carbons (Fsp3) is 0.579. The third-order valence-corrected chi connectivity index (χ3v) is 5.23. The van der Waals surface area contributed by atoms with E-state index in [0.717, 1.165) is 18.8 Å². The Hall–Kier alpha value is -2.29. The highest BCUT2D eigenvalue weighted by Crippen LogP contribution is 2.35. The number of likely N-dealkylation sites (N-methyl/N-ethyl adjacent to an activating group) is 1. The normalized spacial score (nSPS) is 19.9. The Labute approximate surface area is 162 Å². The van der Waals surface area contributed by atoms with Crippen LogP contribution < -0.4 is 9.80 Å². The van der Waals surface area contributed by atoms with Crippen LogP contribution in [0.1, 0.15) is 12.8 Å². The number of hydrogen-bond acceptors (Lipinski definition) is 4. The van der Waals surface area contributed by atoms with Crippen molar-refractivity contribution < 1.29 is 22.8 Å². The minimum absolute atomic E-state index is 0.0425. The van der Waals surface area contributed by atoms with Gasteiger partial charge in [-0.15, -0.1) is 0 Å². The van der Waals surface area contributed by atoms with Crippen molar-refractivity contribution in [1.29, 1.82) is 0 Å². The van der Waals surface area contributed by atoms with Gasteiger partial charge in [0.2, 0.25) is 5.91 Å². The van der Waals surface area contributed by atoms with Gasteiger partial charge in [-0.25, -0.2) is 0 Å². The number of carbonyl (C=O) groups is 2. The number of carbonyl (C=O) groups excluding carboxylic acids is 2. The molecule has 0 saturated carbocycles. The summed E-state index contributed by atoms with van der Waals surface area (Å²) in [6.45, 7) is 2.57. The van der Waals surface area contributed by atoms with Crippen LogP contribution in [0.15, 0.2) is 24.3 Å². The minimum Gasteiger partial charge on any atom is -0.367 e. The van der Waals surface area contributed by atoms with Crippen LogP contribution in [0.4, 0.5) is 24.5 Å². The Morgan fingerprint density at radius 3 is 2.43 bits per heavy atom. The van der Waals surface area contributed by atoms with E-state index in [2.05, 4.69) is 9.80 Å². The highest BCUT2D eigenvalue weighted by molar-refractivity contribution is 6.03. The molecule has 0 spiro atoms. The highest BCUT2D eigenvalue weighted by Gasteiger charge is 2.48. The molecule has 0 N–H and O–H groups in total. The molecule has 1 aromatic carbocycles. The predicted molar refractivity (Wildman–Crippen MR) is 100 cm³/mol. The average molecular weight is 398 g/mol. The van der Waals surface area contributed by atoms with Crippen LogP contribution in [-0.4, -0.2) is 80.7 Å². The zero-order valence-electron chi connectivity index (χ0n) is 16.1. The molecular formula is C19H25F3N4O2. The number of nitrogens with zero attached hydrogens (tertiary/aromatic N) is 4. The number of para-hydroxylation sites is 2. The lowest BCUT2D eigenvalue weighted by Gasteiger charge is -2.40. The van der Waals surface area contributed by atoms with E-state index in [1.54, 1.807) is 6.07 Å². The van der Waals surface area contributed by atoms with Gasteiger partial charge in [0.25, 0.3) is 0 Å². The largest absolute Gasteiger partial charge is 0.471 e. The molecule has 2 heterocycles. The molecule has 3 rings (SSSR count). The molecule has 0 bridgehead atoms. The van der Waals surface area contributed by atoms with Crippen LogP contribution in [0.25, 0.3) is 0 Å². The van der Waals surface area contributed by atoms with Crippen molar-refractivity contribution in [3.8, 4) is 0 Å². The zero-order chi connectivity index (χ0) is 20.5. The monoisotopic (exact) mass is 398 g/mol. The topological polar surface area (TPSA) is 47.1 Å². The molecule has 1 unspecified atom stereocenters. The first kappa shape index (κ1) is 20.4. The van der Waals surface area contributed by atoms with E-state index < -0.39 is 24.0 Å². The van der Waals surface area contributed by atoms with Gasteiger partial charge in [0.1, 0.15) is 6.04 Å². The second-order valence-electron chi connectivity index (χ2n) is 7.42. The van der Waals surface area contributed by atoms with E-state index in [4.69, 9.17) is 0 Å². The molecule has 2 aliphatic rings. The van der Waals surface area contributed by atoms with Gasteiger partial charge in [-0.05, 0) is 39.1 Å². The molecule has 0 aromatic heterocycles. The van der Waals surface area contributed by atoms with E-state index in [9.17, 15) is 22.8 Å². The Kier molecular flexibility index (Phi) is 5.83. The van der Waals surface area contributed by atoms with Crippen molar-refractivity contribution in [2.45, 2.75) is 25.1 Å². The lowest BCUT2D eigenvalue weighted by molar-refractivity contribution is -0.186. The van der Waals surface area contributed by atoms with E-state index in [0.29, 0.717) is 30.1 Å². The number of alkyl halides is 3. The molecule has 0 radical (unpaired) electrons. The number of benzene rings is 1. The molecule has 0 aliphatic carbocycles. The Balaban J connectivity index is 1.82. The third-order valence-electron chi connectivity index (χ3n) is 5.23. The summed E-state index contributed by atoms with van der Waals surface area (Å²) in [5, 5.41) is 0.